The molecule has 0 radical (unpaired) electrons. The Labute approximate surface area is 147 Å². The fourth-order valence-electron chi connectivity index (χ4n) is 3.84. The summed E-state index contributed by atoms with van der Waals surface area (Å²) in [4.78, 5) is 8.53. The first-order chi connectivity index (χ1) is 12.3. The van der Waals surface area contributed by atoms with Crippen molar-refractivity contribution < 1.29 is 9.13 Å². The zero-order chi connectivity index (χ0) is 17.2. The minimum Gasteiger partial charge on any atom is -0.370 e. The number of pyridine rings is 1. The van der Waals surface area contributed by atoms with Crippen molar-refractivity contribution in [1.82, 2.24) is 19.9 Å². The van der Waals surface area contributed by atoms with Crippen molar-refractivity contribution >= 4 is 0 Å². The van der Waals surface area contributed by atoms with E-state index in [1.165, 1.54) is 19.0 Å². The van der Waals surface area contributed by atoms with Crippen LogP contribution in [0.1, 0.15) is 49.7 Å². The molecule has 0 spiro atoms. The number of hydrogen-bond donors (Lipinski definition) is 1. The highest BCUT2D eigenvalue weighted by molar-refractivity contribution is 5.18. The Morgan fingerprint density at radius 3 is 3.00 bits per heavy atom. The summed E-state index contributed by atoms with van der Waals surface area (Å²) in [5.74, 6) is 1.72. The van der Waals surface area contributed by atoms with Crippen LogP contribution < -0.4 is 5.32 Å². The van der Waals surface area contributed by atoms with Gasteiger partial charge in [0.25, 0.3) is 0 Å². The molecule has 4 rings (SSSR count). The van der Waals surface area contributed by atoms with Crippen molar-refractivity contribution in [3.05, 3.63) is 48.1 Å². The average Bonchev–Trinajstić information content (AvgIpc) is 3.16. The van der Waals surface area contributed by atoms with E-state index in [-0.39, 0.29) is 18.0 Å². The minimum absolute atomic E-state index is 0.0351. The van der Waals surface area contributed by atoms with Crippen molar-refractivity contribution in [1.29, 1.82) is 0 Å². The molecular formula is C19H25FN4O. The number of halogens is 1. The van der Waals surface area contributed by atoms with Crippen LogP contribution in [0.25, 0.3) is 0 Å². The lowest BCUT2D eigenvalue weighted by atomic mass is 9.98. The molecule has 0 aromatic carbocycles. The van der Waals surface area contributed by atoms with Crippen molar-refractivity contribution in [2.75, 3.05) is 13.2 Å². The normalized spacial score (nSPS) is 24.6. The Hall–Kier alpha value is -1.79. The van der Waals surface area contributed by atoms with Crippen LogP contribution in [0.3, 0.4) is 0 Å². The van der Waals surface area contributed by atoms with Gasteiger partial charge in [-0.2, -0.15) is 0 Å². The fourth-order valence-corrected chi connectivity index (χ4v) is 3.84. The molecule has 2 fully saturated rings. The summed E-state index contributed by atoms with van der Waals surface area (Å²) in [5, 5.41) is 3.67. The molecule has 3 atom stereocenters. The molecule has 2 aliphatic rings. The molecule has 1 aliphatic carbocycles. The van der Waals surface area contributed by atoms with E-state index >= 15 is 0 Å². The maximum atomic E-state index is 13.6. The lowest BCUT2D eigenvalue weighted by Gasteiger charge is -2.24. The summed E-state index contributed by atoms with van der Waals surface area (Å²) in [6.07, 6.45) is 10.3. The number of rotatable bonds is 7. The number of ether oxygens (including phenoxy) is 1. The first-order valence-corrected chi connectivity index (χ1v) is 9.22. The third kappa shape index (κ3) is 3.60. The molecule has 25 heavy (non-hydrogen) atoms. The topological polar surface area (TPSA) is 52.0 Å². The van der Waals surface area contributed by atoms with Gasteiger partial charge >= 0.3 is 0 Å². The van der Waals surface area contributed by atoms with E-state index in [2.05, 4.69) is 26.8 Å². The van der Waals surface area contributed by atoms with Crippen LogP contribution >= 0.6 is 0 Å². The lowest BCUT2D eigenvalue weighted by Crippen LogP contribution is -2.31. The molecule has 0 bridgehead atoms. The first kappa shape index (κ1) is 16.7. The van der Waals surface area contributed by atoms with Gasteiger partial charge < -0.3 is 14.6 Å². The van der Waals surface area contributed by atoms with E-state index in [9.17, 15) is 4.39 Å². The molecule has 134 valence electrons. The highest BCUT2D eigenvalue weighted by atomic mass is 19.1. The van der Waals surface area contributed by atoms with E-state index in [0.717, 1.165) is 37.5 Å². The average molecular weight is 344 g/mol. The number of nitrogens with zero attached hydrogens (tertiary/aromatic N) is 3. The SMILES string of the molecule is CCn1ccnc1[C@@H]1OCC[C@H]1CNC(c1cncc(F)c1)C1CC1. The van der Waals surface area contributed by atoms with Crippen LogP contribution in [0.4, 0.5) is 4.39 Å². The molecule has 1 aliphatic heterocycles. The monoisotopic (exact) mass is 344 g/mol. The Kier molecular flexibility index (Phi) is 4.81. The summed E-state index contributed by atoms with van der Waals surface area (Å²) >= 11 is 0. The molecule has 6 heteroatoms. The number of hydrogen-bond acceptors (Lipinski definition) is 4. The van der Waals surface area contributed by atoms with Gasteiger partial charge in [-0.1, -0.05) is 0 Å². The van der Waals surface area contributed by atoms with Gasteiger partial charge in [0.1, 0.15) is 17.7 Å². The van der Waals surface area contributed by atoms with Gasteiger partial charge in [0.05, 0.1) is 6.20 Å². The summed E-state index contributed by atoms with van der Waals surface area (Å²) in [7, 11) is 0. The van der Waals surface area contributed by atoms with Crippen molar-refractivity contribution in [2.45, 2.75) is 44.9 Å². The maximum Gasteiger partial charge on any atom is 0.141 e. The quantitative estimate of drug-likeness (QED) is 0.838. The van der Waals surface area contributed by atoms with Crippen LogP contribution in [0.2, 0.25) is 0 Å². The molecule has 1 N–H and O–H groups in total. The first-order valence-electron chi connectivity index (χ1n) is 9.22. The van der Waals surface area contributed by atoms with Gasteiger partial charge in [-0.15, -0.1) is 0 Å². The summed E-state index contributed by atoms with van der Waals surface area (Å²) in [6.45, 7) is 4.63. The molecule has 2 aromatic rings. The lowest BCUT2D eigenvalue weighted by molar-refractivity contribution is 0.0795. The number of imidazole rings is 1. The minimum atomic E-state index is -0.267. The van der Waals surface area contributed by atoms with Crippen LogP contribution in [-0.2, 0) is 11.3 Å². The molecule has 1 saturated carbocycles. The smallest absolute Gasteiger partial charge is 0.141 e. The van der Waals surface area contributed by atoms with Crippen LogP contribution in [0.5, 0.6) is 0 Å². The van der Waals surface area contributed by atoms with Crippen LogP contribution in [0.15, 0.2) is 30.9 Å². The zero-order valence-electron chi connectivity index (χ0n) is 14.6. The van der Waals surface area contributed by atoms with E-state index in [1.54, 1.807) is 12.3 Å². The highest BCUT2D eigenvalue weighted by Crippen LogP contribution is 2.42. The van der Waals surface area contributed by atoms with Crippen molar-refractivity contribution in [3.63, 3.8) is 0 Å². The van der Waals surface area contributed by atoms with E-state index < -0.39 is 0 Å². The predicted octanol–water partition coefficient (Wildman–Crippen LogP) is 3.26. The predicted molar refractivity (Wildman–Crippen MR) is 92.4 cm³/mol. The Morgan fingerprint density at radius 2 is 2.24 bits per heavy atom. The Bertz CT molecular complexity index is 715. The molecular weight excluding hydrogens is 319 g/mol. The molecule has 0 amide bonds. The zero-order valence-corrected chi connectivity index (χ0v) is 14.6. The second-order valence-corrected chi connectivity index (χ2v) is 7.07. The second-order valence-electron chi connectivity index (χ2n) is 7.07. The van der Waals surface area contributed by atoms with E-state index in [1.807, 2.05) is 12.4 Å². The molecule has 5 nitrogen and oxygen atoms in total. The highest BCUT2D eigenvalue weighted by Gasteiger charge is 2.36. The summed E-state index contributed by atoms with van der Waals surface area (Å²) in [5.41, 5.74) is 0.952. The maximum absolute atomic E-state index is 13.6. The molecule has 2 aromatic heterocycles. The van der Waals surface area contributed by atoms with Crippen LogP contribution in [0, 0.1) is 17.7 Å². The van der Waals surface area contributed by atoms with Gasteiger partial charge in [0, 0.05) is 50.2 Å². The standard InChI is InChI=1S/C19H25FN4O/c1-2-24-7-6-22-19(24)18-14(5-8-25-18)11-23-17(13-3-4-13)15-9-16(20)12-21-10-15/h6-7,9-10,12-14,17-18,23H,2-5,8,11H2,1H3/t14-,17?,18+/m0/s1. The summed E-state index contributed by atoms with van der Waals surface area (Å²) < 4.78 is 21.7. The van der Waals surface area contributed by atoms with Gasteiger partial charge in [0.2, 0.25) is 0 Å². The Morgan fingerprint density at radius 1 is 1.36 bits per heavy atom. The van der Waals surface area contributed by atoms with E-state index in [0.29, 0.717) is 11.8 Å². The number of aryl methyl sites for hydroxylation is 1. The molecule has 3 heterocycles. The largest absolute Gasteiger partial charge is 0.370 e. The van der Waals surface area contributed by atoms with E-state index in [4.69, 9.17) is 4.74 Å². The van der Waals surface area contributed by atoms with Gasteiger partial charge in [-0.05, 0) is 43.7 Å². The second kappa shape index (κ2) is 7.22. The van der Waals surface area contributed by atoms with Crippen LogP contribution in [-0.4, -0.2) is 27.7 Å². The number of aromatic nitrogens is 3. The van der Waals surface area contributed by atoms with Gasteiger partial charge in [-0.25, -0.2) is 9.37 Å². The molecule has 1 saturated heterocycles. The Balaban J connectivity index is 1.45. The van der Waals surface area contributed by atoms with Gasteiger partial charge in [-0.3, -0.25) is 4.98 Å². The van der Waals surface area contributed by atoms with Crippen molar-refractivity contribution in [3.8, 4) is 0 Å². The number of nitrogens with one attached hydrogen (secondary N) is 1. The van der Waals surface area contributed by atoms with Gasteiger partial charge in [0.15, 0.2) is 0 Å². The third-order valence-corrected chi connectivity index (χ3v) is 5.34. The third-order valence-electron chi connectivity index (χ3n) is 5.34. The van der Waals surface area contributed by atoms with Crippen molar-refractivity contribution in [2.24, 2.45) is 11.8 Å². The molecule has 1 unspecified atom stereocenters. The summed E-state index contributed by atoms with van der Waals surface area (Å²) in [6, 6.07) is 1.78. The fraction of sp³-hybridized carbons (Fsp3) is 0.579.